The van der Waals surface area contributed by atoms with Crippen LogP contribution >= 0.6 is 0 Å². The van der Waals surface area contributed by atoms with Gasteiger partial charge in [-0.3, -0.25) is 0 Å². The van der Waals surface area contributed by atoms with E-state index in [1.165, 1.54) is 12.8 Å². The van der Waals surface area contributed by atoms with Gasteiger partial charge in [0.25, 0.3) is 0 Å². The van der Waals surface area contributed by atoms with Crippen LogP contribution in [0.15, 0.2) is 0 Å². The molecule has 1 saturated carbocycles. The lowest BCUT2D eigenvalue weighted by Crippen LogP contribution is -2.25. The third-order valence-corrected chi connectivity index (χ3v) is 3.74. The monoisotopic (exact) mass is 251 g/mol. The second kappa shape index (κ2) is 5.21. The lowest BCUT2D eigenvalue weighted by Gasteiger charge is -2.28. The summed E-state index contributed by atoms with van der Waals surface area (Å²) in [5.74, 6) is 1.52. The average molecular weight is 251 g/mol. The normalized spacial score (nSPS) is 24.5. The Morgan fingerprint density at radius 3 is 2.72 bits per heavy atom. The molecule has 102 valence electrons. The standard InChI is InChI=1S/C14H25N3O/c1-9(2)17-14(13(15)11(4)16-17)18-12-7-5-6-10(3)8-12/h9-10,12H,5-8,15H2,1-4H3. The van der Waals surface area contributed by atoms with Gasteiger partial charge in [0.1, 0.15) is 11.8 Å². The summed E-state index contributed by atoms with van der Waals surface area (Å²) in [6.07, 6.45) is 5.12. The highest BCUT2D eigenvalue weighted by atomic mass is 16.5. The van der Waals surface area contributed by atoms with E-state index >= 15 is 0 Å². The first kappa shape index (κ1) is 13.2. The van der Waals surface area contributed by atoms with Crippen molar-refractivity contribution in [2.75, 3.05) is 5.73 Å². The molecule has 1 aliphatic carbocycles. The first-order valence-electron chi connectivity index (χ1n) is 7.00. The predicted octanol–water partition coefficient (Wildman–Crippen LogP) is 3.31. The molecule has 2 unspecified atom stereocenters. The highest BCUT2D eigenvalue weighted by molar-refractivity contribution is 5.52. The van der Waals surface area contributed by atoms with Gasteiger partial charge in [-0.1, -0.05) is 13.3 Å². The minimum Gasteiger partial charge on any atom is -0.473 e. The van der Waals surface area contributed by atoms with Crippen LogP contribution in [-0.4, -0.2) is 15.9 Å². The van der Waals surface area contributed by atoms with Gasteiger partial charge in [-0.2, -0.15) is 5.10 Å². The molecule has 0 amide bonds. The van der Waals surface area contributed by atoms with E-state index in [0.29, 0.717) is 11.8 Å². The second-order valence-electron chi connectivity index (χ2n) is 5.85. The Kier molecular flexibility index (Phi) is 3.83. The summed E-state index contributed by atoms with van der Waals surface area (Å²) < 4.78 is 8.05. The van der Waals surface area contributed by atoms with E-state index in [4.69, 9.17) is 10.5 Å². The molecule has 4 nitrogen and oxygen atoms in total. The first-order chi connectivity index (χ1) is 8.49. The fourth-order valence-corrected chi connectivity index (χ4v) is 2.65. The summed E-state index contributed by atoms with van der Waals surface area (Å²) in [5, 5.41) is 4.46. The molecule has 0 bridgehead atoms. The Bertz CT molecular complexity index is 411. The van der Waals surface area contributed by atoms with Gasteiger partial charge in [0.05, 0.1) is 11.7 Å². The summed E-state index contributed by atoms with van der Waals surface area (Å²) in [4.78, 5) is 0. The topological polar surface area (TPSA) is 53.1 Å². The maximum absolute atomic E-state index is 6.15. The van der Waals surface area contributed by atoms with Crippen molar-refractivity contribution in [1.29, 1.82) is 0 Å². The number of nitrogens with two attached hydrogens (primary N) is 1. The van der Waals surface area contributed by atoms with Crippen LogP contribution < -0.4 is 10.5 Å². The predicted molar refractivity (Wildman–Crippen MR) is 73.8 cm³/mol. The molecule has 4 heteroatoms. The average Bonchev–Trinajstić information content (AvgIpc) is 2.57. The van der Waals surface area contributed by atoms with Crippen LogP contribution in [0.3, 0.4) is 0 Å². The highest BCUT2D eigenvalue weighted by Crippen LogP contribution is 2.33. The van der Waals surface area contributed by atoms with Crippen molar-refractivity contribution in [2.45, 2.75) is 65.5 Å². The van der Waals surface area contributed by atoms with Gasteiger partial charge in [0.2, 0.25) is 5.88 Å². The molecule has 1 aliphatic rings. The van der Waals surface area contributed by atoms with Crippen molar-refractivity contribution >= 4 is 5.69 Å². The SMILES string of the molecule is Cc1nn(C(C)C)c(OC2CCCC(C)C2)c1N. The van der Waals surface area contributed by atoms with E-state index in [1.807, 2.05) is 11.6 Å². The Morgan fingerprint density at radius 1 is 1.39 bits per heavy atom. The van der Waals surface area contributed by atoms with E-state index < -0.39 is 0 Å². The summed E-state index contributed by atoms with van der Waals surface area (Å²) in [7, 11) is 0. The molecule has 2 atom stereocenters. The number of anilines is 1. The molecule has 1 aromatic heterocycles. The molecule has 0 radical (unpaired) electrons. The van der Waals surface area contributed by atoms with Crippen LogP contribution in [0.1, 0.15) is 58.2 Å². The molecule has 1 heterocycles. The molecule has 0 saturated heterocycles. The van der Waals surface area contributed by atoms with E-state index in [1.54, 1.807) is 0 Å². The number of aromatic nitrogens is 2. The third kappa shape index (κ3) is 2.62. The summed E-state index contributed by atoms with van der Waals surface area (Å²) >= 11 is 0. The van der Waals surface area contributed by atoms with Crippen molar-refractivity contribution in [3.05, 3.63) is 5.69 Å². The number of hydrogen-bond acceptors (Lipinski definition) is 3. The third-order valence-electron chi connectivity index (χ3n) is 3.74. The smallest absolute Gasteiger partial charge is 0.236 e. The number of rotatable bonds is 3. The van der Waals surface area contributed by atoms with Crippen molar-refractivity contribution < 1.29 is 4.74 Å². The van der Waals surface area contributed by atoms with Gasteiger partial charge < -0.3 is 10.5 Å². The van der Waals surface area contributed by atoms with Crippen LogP contribution in [0, 0.1) is 12.8 Å². The number of nitrogens with zero attached hydrogens (tertiary/aromatic N) is 2. The molecule has 18 heavy (non-hydrogen) atoms. The van der Waals surface area contributed by atoms with Crippen molar-refractivity contribution in [2.24, 2.45) is 5.92 Å². The van der Waals surface area contributed by atoms with Crippen LogP contribution in [-0.2, 0) is 0 Å². The van der Waals surface area contributed by atoms with Crippen molar-refractivity contribution in [1.82, 2.24) is 9.78 Å². The minimum absolute atomic E-state index is 0.275. The molecule has 0 aliphatic heterocycles. The van der Waals surface area contributed by atoms with E-state index in [-0.39, 0.29) is 6.04 Å². The summed E-state index contributed by atoms with van der Waals surface area (Å²) in [5.41, 5.74) is 7.64. The number of nitrogen functional groups attached to an aromatic ring is 1. The lowest BCUT2D eigenvalue weighted by molar-refractivity contribution is 0.116. The molecule has 1 fully saturated rings. The van der Waals surface area contributed by atoms with E-state index in [2.05, 4.69) is 25.9 Å². The van der Waals surface area contributed by atoms with E-state index in [0.717, 1.165) is 30.3 Å². The van der Waals surface area contributed by atoms with E-state index in [9.17, 15) is 0 Å². The number of hydrogen-bond donors (Lipinski definition) is 1. The maximum atomic E-state index is 6.15. The zero-order chi connectivity index (χ0) is 13.3. The van der Waals surface area contributed by atoms with Gasteiger partial charge in [-0.25, -0.2) is 4.68 Å². The van der Waals surface area contributed by atoms with Crippen molar-refractivity contribution in [3.63, 3.8) is 0 Å². The molecular formula is C14H25N3O. The summed E-state index contributed by atoms with van der Waals surface area (Å²) in [6.45, 7) is 8.43. The zero-order valence-corrected chi connectivity index (χ0v) is 11.9. The lowest BCUT2D eigenvalue weighted by atomic mass is 9.89. The highest BCUT2D eigenvalue weighted by Gasteiger charge is 2.24. The Morgan fingerprint density at radius 2 is 2.11 bits per heavy atom. The van der Waals surface area contributed by atoms with Gasteiger partial charge in [-0.15, -0.1) is 0 Å². The quantitative estimate of drug-likeness (QED) is 0.896. The molecule has 0 aromatic carbocycles. The zero-order valence-electron chi connectivity index (χ0n) is 11.9. The fourth-order valence-electron chi connectivity index (χ4n) is 2.65. The molecular weight excluding hydrogens is 226 g/mol. The molecule has 2 rings (SSSR count). The Balaban J connectivity index is 2.17. The Hall–Kier alpha value is -1.19. The van der Waals surface area contributed by atoms with Crippen LogP contribution in [0.4, 0.5) is 5.69 Å². The molecule has 1 aromatic rings. The first-order valence-corrected chi connectivity index (χ1v) is 7.00. The second-order valence-corrected chi connectivity index (χ2v) is 5.85. The fraction of sp³-hybridized carbons (Fsp3) is 0.786. The summed E-state index contributed by atoms with van der Waals surface area (Å²) in [6, 6.07) is 0.275. The van der Waals surface area contributed by atoms with Gasteiger partial charge in [0.15, 0.2) is 0 Å². The largest absolute Gasteiger partial charge is 0.473 e. The number of ether oxygens (including phenoxy) is 1. The van der Waals surface area contributed by atoms with Crippen molar-refractivity contribution in [3.8, 4) is 5.88 Å². The van der Waals surface area contributed by atoms with Crippen LogP contribution in [0.5, 0.6) is 5.88 Å². The molecule has 2 N–H and O–H groups in total. The van der Waals surface area contributed by atoms with Gasteiger partial charge in [-0.05, 0) is 46.0 Å². The minimum atomic E-state index is 0.275. The Labute approximate surface area is 110 Å². The molecule has 0 spiro atoms. The van der Waals surface area contributed by atoms with Crippen LogP contribution in [0.25, 0.3) is 0 Å². The van der Waals surface area contributed by atoms with Gasteiger partial charge in [0, 0.05) is 0 Å². The van der Waals surface area contributed by atoms with Crippen LogP contribution in [0.2, 0.25) is 0 Å². The maximum Gasteiger partial charge on any atom is 0.236 e. The number of aryl methyl sites for hydroxylation is 1. The van der Waals surface area contributed by atoms with Gasteiger partial charge >= 0.3 is 0 Å².